The molecule has 2 aliphatic heterocycles. The van der Waals surface area contributed by atoms with Gasteiger partial charge in [0.2, 0.25) is 0 Å². The lowest BCUT2D eigenvalue weighted by molar-refractivity contribution is 0.230. The third-order valence-corrected chi connectivity index (χ3v) is 4.12. The zero-order chi connectivity index (χ0) is 12.5. The maximum absolute atomic E-state index is 6.04. The number of fused-ring (bicyclic) bond motifs is 3. The van der Waals surface area contributed by atoms with Gasteiger partial charge in [-0.05, 0) is 44.7 Å². The van der Waals surface area contributed by atoms with Gasteiger partial charge in [0.1, 0.15) is 11.5 Å². The summed E-state index contributed by atoms with van der Waals surface area (Å²) < 4.78 is 11.7. The molecule has 0 spiro atoms. The van der Waals surface area contributed by atoms with Crippen LogP contribution in [0.5, 0.6) is 11.5 Å². The van der Waals surface area contributed by atoms with Gasteiger partial charge in [-0.2, -0.15) is 0 Å². The molecule has 0 amide bonds. The highest BCUT2D eigenvalue weighted by molar-refractivity contribution is 5.52. The van der Waals surface area contributed by atoms with Gasteiger partial charge in [0.05, 0.1) is 13.2 Å². The summed E-state index contributed by atoms with van der Waals surface area (Å²) >= 11 is 0. The average Bonchev–Trinajstić information content (AvgIpc) is 2.45. The van der Waals surface area contributed by atoms with Gasteiger partial charge in [0.25, 0.3) is 0 Å². The maximum atomic E-state index is 6.04. The lowest BCUT2D eigenvalue weighted by Crippen LogP contribution is -2.23. The van der Waals surface area contributed by atoms with Gasteiger partial charge in [0, 0.05) is 11.5 Å². The van der Waals surface area contributed by atoms with E-state index in [4.69, 9.17) is 9.47 Å². The second-order valence-corrected chi connectivity index (χ2v) is 5.23. The van der Waals surface area contributed by atoms with Crippen LogP contribution in [0.4, 0.5) is 0 Å². The van der Waals surface area contributed by atoms with Crippen molar-refractivity contribution in [3.63, 3.8) is 0 Å². The van der Waals surface area contributed by atoms with E-state index < -0.39 is 0 Å². The van der Waals surface area contributed by atoms with Gasteiger partial charge < -0.3 is 9.47 Å². The fourth-order valence-electron chi connectivity index (χ4n) is 2.84. The molecule has 1 aromatic carbocycles. The number of ether oxygens (including phenoxy) is 2. The molecule has 0 N–H and O–H groups in total. The predicted molar refractivity (Wildman–Crippen MR) is 72.4 cm³/mol. The molecule has 0 bridgehead atoms. The Labute approximate surface area is 109 Å². The van der Waals surface area contributed by atoms with Crippen LogP contribution >= 0.6 is 0 Å². The molecule has 0 saturated heterocycles. The van der Waals surface area contributed by atoms with E-state index in [1.54, 1.807) is 0 Å². The molecule has 2 heteroatoms. The molecule has 2 nitrogen and oxygen atoms in total. The van der Waals surface area contributed by atoms with Crippen LogP contribution in [-0.2, 0) is 12.8 Å². The minimum Gasteiger partial charge on any atom is -0.493 e. The summed E-state index contributed by atoms with van der Waals surface area (Å²) in [5.41, 5.74) is 4.06. The van der Waals surface area contributed by atoms with Gasteiger partial charge in [-0.15, -0.1) is 0 Å². The van der Waals surface area contributed by atoms with Crippen LogP contribution < -0.4 is 9.47 Å². The molecule has 0 radical (unpaired) electrons. The van der Waals surface area contributed by atoms with Crippen molar-refractivity contribution < 1.29 is 9.47 Å². The molecule has 18 heavy (non-hydrogen) atoms. The summed E-state index contributed by atoms with van der Waals surface area (Å²) in [4.78, 5) is 0. The zero-order valence-electron chi connectivity index (χ0n) is 11.2. The van der Waals surface area contributed by atoms with E-state index in [-0.39, 0.29) is 0 Å². The molecule has 3 rings (SSSR count). The number of hydrogen-bond acceptors (Lipinski definition) is 2. The monoisotopic (exact) mass is 244 g/mol. The van der Waals surface area contributed by atoms with Gasteiger partial charge in [-0.3, -0.25) is 0 Å². The van der Waals surface area contributed by atoms with E-state index >= 15 is 0 Å². The lowest BCUT2D eigenvalue weighted by atomic mass is 9.88. The molecule has 0 fully saturated rings. The lowest BCUT2D eigenvalue weighted by Gasteiger charge is -2.30. The first kappa shape index (κ1) is 11.6. The molecular formula is C16H20O2. The van der Waals surface area contributed by atoms with E-state index in [0.29, 0.717) is 5.92 Å². The topological polar surface area (TPSA) is 18.5 Å². The van der Waals surface area contributed by atoms with Crippen molar-refractivity contribution in [3.05, 3.63) is 34.9 Å². The third-order valence-electron chi connectivity index (χ3n) is 4.12. The molecule has 0 saturated carbocycles. The largest absolute Gasteiger partial charge is 0.493 e. The number of benzene rings is 1. The Bertz CT molecular complexity index is 488. The average molecular weight is 244 g/mol. The quantitative estimate of drug-likeness (QED) is 0.704. The Hall–Kier alpha value is -1.44. The molecule has 0 unspecified atom stereocenters. The van der Waals surface area contributed by atoms with Crippen LogP contribution in [-0.4, -0.2) is 13.2 Å². The first-order valence-electron chi connectivity index (χ1n) is 6.82. The molecule has 0 aromatic heterocycles. The second-order valence-electron chi connectivity index (χ2n) is 5.23. The molecule has 1 atom stereocenters. The summed E-state index contributed by atoms with van der Waals surface area (Å²) in [5.74, 6) is 2.67. The fourth-order valence-corrected chi connectivity index (χ4v) is 2.84. The van der Waals surface area contributed by atoms with Gasteiger partial charge in [-0.25, -0.2) is 0 Å². The molecule has 96 valence electrons. The van der Waals surface area contributed by atoms with Crippen LogP contribution in [0.1, 0.15) is 31.4 Å². The predicted octanol–water partition coefficient (Wildman–Crippen LogP) is 3.53. The maximum Gasteiger partial charge on any atom is 0.129 e. The van der Waals surface area contributed by atoms with Crippen molar-refractivity contribution in [3.8, 4) is 11.5 Å². The van der Waals surface area contributed by atoms with Crippen LogP contribution in [0.25, 0.3) is 0 Å². The van der Waals surface area contributed by atoms with Crippen molar-refractivity contribution in [1.82, 2.24) is 0 Å². The Morgan fingerprint density at radius 2 is 2.22 bits per heavy atom. The Kier molecular flexibility index (Phi) is 3.02. The molecule has 1 aromatic rings. The van der Waals surface area contributed by atoms with Crippen LogP contribution in [0, 0.1) is 5.92 Å². The van der Waals surface area contributed by atoms with Gasteiger partial charge >= 0.3 is 0 Å². The van der Waals surface area contributed by atoms with Crippen molar-refractivity contribution in [2.45, 2.75) is 33.1 Å². The van der Waals surface area contributed by atoms with E-state index in [0.717, 1.165) is 44.0 Å². The first-order valence-corrected chi connectivity index (χ1v) is 6.82. The van der Waals surface area contributed by atoms with Crippen LogP contribution in [0.2, 0.25) is 0 Å². The molecule has 2 heterocycles. The Morgan fingerprint density at radius 3 is 3.06 bits per heavy atom. The summed E-state index contributed by atoms with van der Waals surface area (Å²) in [6.45, 7) is 5.94. The smallest absolute Gasteiger partial charge is 0.129 e. The summed E-state index contributed by atoms with van der Waals surface area (Å²) in [7, 11) is 0. The van der Waals surface area contributed by atoms with Crippen LogP contribution in [0.15, 0.2) is 23.8 Å². The summed E-state index contributed by atoms with van der Waals surface area (Å²) in [6.07, 6.45) is 5.48. The van der Waals surface area contributed by atoms with Crippen molar-refractivity contribution in [1.29, 1.82) is 0 Å². The molecule has 2 aliphatic rings. The fraction of sp³-hybridized carbons (Fsp3) is 0.500. The van der Waals surface area contributed by atoms with Crippen molar-refractivity contribution >= 4 is 0 Å². The van der Waals surface area contributed by atoms with E-state index in [1.807, 2.05) is 0 Å². The normalized spacial score (nSPS) is 22.6. The minimum atomic E-state index is 0.532. The highest BCUT2D eigenvalue weighted by Gasteiger charge is 2.26. The van der Waals surface area contributed by atoms with Gasteiger partial charge in [0.15, 0.2) is 0 Å². The van der Waals surface area contributed by atoms with E-state index in [9.17, 15) is 0 Å². The van der Waals surface area contributed by atoms with Gasteiger partial charge in [-0.1, -0.05) is 17.7 Å². The highest BCUT2D eigenvalue weighted by Crippen LogP contribution is 2.40. The van der Waals surface area contributed by atoms with Crippen molar-refractivity contribution in [2.75, 3.05) is 13.2 Å². The first-order chi connectivity index (χ1) is 8.79. The minimum absolute atomic E-state index is 0.532. The van der Waals surface area contributed by atoms with Crippen LogP contribution in [0.3, 0.4) is 0 Å². The van der Waals surface area contributed by atoms with E-state index in [2.05, 4.69) is 32.1 Å². The highest BCUT2D eigenvalue weighted by atomic mass is 16.5. The third kappa shape index (κ3) is 1.90. The summed E-state index contributed by atoms with van der Waals surface area (Å²) in [6, 6.07) is 4.29. The number of rotatable bonds is 1. The summed E-state index contributed by atoms with van der Waals surface area (Å²) in [5, 5.41) is 0. The molecule has 0 aliphatic carbocycles. The number of hydrogen-bond donors (Lipinski definition) is 0. The number of allylic oxidation sites excluding steroid dienone is 1. The Morgan fingerprint density at radius 1 is 1.33 bits per heavy atom. The second kappa shape index (κ2) is 4.68. The Balaban J connectivity index is 1.94. The standard InChI is InChI=1S/C16H20O2/c1-3-11(2)13-9-12-6-7-15-14(5-4-8-17-15)16(12)18-10-13/h3,6-7,13H,4-5,8-10H2,1-2H3/b11-3+/t13-/m1/s1. The van der Waals surface area contributed by atoms with Crippen molar-refractivity contribution in [2.24, 2.45) is 5.92 Å². The zero-order valence-corrected chi connectivity index (χ0v) is 11.2. The SMILES string of the molecule is C/C=C(\C)[C@H]1COc2c(ccc3c2CCCO3)C1. The molecular weight excluding hydrogens is 224 g/mol. The van der Waals surface area contributed by atoms with E-state index in [1.165, 1.54) is 16.7 Å².